The SMILES string of the molecule is CCCC[C@H](C)C1=CC(=O)C2=C(O[C@]3(C)CC[C@H]4O[C@@H]([C@](C)(O)C(=O)O)CC[C@]4(C)[C@H]3C2)C1=O. The van der Waals surface area contributed by atoms with Crippen LogP contribution in [0.3, 0.4) is 0 Å². The third-order valence-corrected chi connectivity index (χ3v) is 9.10. The summed E-state index contributed by atoms with van der Waals surface area (Å²) in [5.74, 6) is -1.39. The van der Waals surface area contributed by atoms with E-state index in [4.69, 9.17) is 9.47 Å². The Morgan fingerprint density at radius 3 is 2.62 bits per heavy atom. The van der Waals surface area contributed by atoms with E-state index < -0.39 is 23.3 Å². The van der Waals surface area contributed by atoms with Crippen molar-refractivity contribution in [2.75, 3.05) is 0 Å². The summed E-state index contributed by atoms with van der Waals surface area (Å²) in [7, 11) is 0. The number of carboxylic acids is 1. The second-order valence-corrected chi connectivity index (χ2v) is 11.5. The summed E-state index contributed by atoms with van der Waals surface area (Å²) in [6.07, 6.45) is 6.13. The summed E-state index contributed by atoms with van der Waals surface area (Å²) in [6.45, 7) is 9.54. The van der Waals surface area contributed by atoms with Crippen molar-refractivity contribution in [3.63, 3.8) is 0 Å². The second kappa shape index (κ2) is 8.59. The third-order valence-electron chi connectivity index (χ3n) is 9.10. The molecular weight excluding hydrogens is 436 g/mol. The van der Waals surface area contributed by atoms with Gasteiger partial charge < -0.3 is 19.7 Å². The Kier molecular flexibility index (Phi) is 6.35. The molecule has 7 heteroatoms. The van der Waals surface area contributed by atoms with Crippen molar-refractivity contribution in [2.24, 2.45) is 17.3 Å². The minimum Gasteiger partial charge on any atom is -0.483 e. The first kappa shape index (κ1) is 25.1. The van der Waals surface area contributed by atoms with Crippen LogP contribution in [-0.4, -0.2) is 51.2 Å². The van der Waals surface area contributed by atoms with Gasteiger partial charge in [-0.3, -0.25) is 9.59 Å². The number of carbonyl (C=O) groups is 3. The number of unbranched alkanes of at least 4 members (excludes halogenated alkanes) is 1. The fraction of sp³-hybridized carbons (Fsp3) is 0.741. The normalized spacial score (nSPS) is 38.1. The van der Waals surface area contributed by atoms with Gasteiger partial charge in [0.2, 0.25) is 5.78 Å². The highest BCUT2D eigenvalue weighted by atomic mass is 16.5. The van der Waals surface area contributed by atoms with Gasteiger partial charge in [-0.25, -0.2) is 4.79 Å². The number of hydrogen-bond donors (Lipinski definition) is 2. The van der Waals surface area contributed by atoms with Crippen molar-refractivity contribution in [3.8, 4) is 0 Å². The number of aliphatic carboxylic acids is 1. The molecule has 0 radical (unpaired) electrons. The Bertz CT molecular complexity index is 960. The van der Waals surface area contributed by atoms with Crippen LogP contribution in [0, 0.1) is 17.3 Å². The molecule has 4 aliphatic rings. The highest BCUT2D eigenvalue weighted by Crippen LogP contribution is 2.59. The predicted molar refractivity (Wildman–Crippen MR) is 125 cm³/mol. The Balaban J connectivity index is 1.60. The van der Waals surface area contributed by atoms with E-state index in [0.717, 1.165) is 19.3 Å². The van der Waals surface area contributed by atoms with Gasteiger partial charge in [0.05, 0.1) is 12.2 Å². The molecule has 2 aliphatic heterocycles. The quantitative estimate of drug-likeness (QED) is 0.557. The number of carbonyl (C=O) groups excluding carboxylic acids is 2. The molecule has 0 aromatic rings. The van der Waals surface area contributed by atoms with Crippen molar-refractivity contribution in [1.82, 2.24) is 0 Å². The lowest BCUT2D eigenvalue weighted by Crippen LogP contribution is -2.63. The van der Waals surface area contributed by atoms with Crippen LogP contribution in [-0.2, 0) is 23.9 Å². The highest BCUT2D eigenvalue weighted by molar-refractivity contribution is 6.22. The van der Waals surface area contributed by atoms with Crippen LogP contribution in [0.4, 0.5) is 0 Å². The van der Waals surface area contributed by atoms with Gasteiger partial charge in [-0.05, 0) is 64.4 Å². The highest BCUT2D eigenvalue weighted by Gasteiger charge is 2.61. The molecule has 0 amide bonds. The molecule has 7 nitrogen and oxygen atoms in total. The van der Waals surface area contributed by atoms with E-state index in [-0.39, 0.29) is 40.7 Å². The largest absolute Gasteiger partial charge is 0.483 e. The van der Waals surface area contributed by atoms with Gasteiger partial charge in [0, 0.05) is 22.5 Å². The first-order chi connectivity index (χ1) is 15.8. The molecule has 0 unspecified atom stereocenters. The monoisotopic (exact) mass is 474 g/mol. The van der Waals surface area contributed by atoms with E-state index in [2.05, 4.69) is 13.8 Å². The van der Waals surface area contributed by atoms with Crippen LogP contribution >= 0.6 is 0 Å². The number of aliphatic hydroxyl groups is 1. The fourth-order valence-electron chi connectivity index (χ4n) is 6.68. The van der Waals surface area contributed by atoms with Crippen LogP contribution in [0.5, 0.6) is 0 Å². The van der Waals surface area contributed by atoms with Crippen molar-refractivity contribution in [1.29, 1.82) is 0 Å². The molecule has 4 rings (SSSR count). The Labute approximate surface area is 201 Å². The molecule has 188 valence electrons. The Hall–Kier alpha value is -1.99. The van der Waals surface area contributed by atoms with Crippen LogP contribution in [0.2, 0.25) is 0 Å². The maximum Gasteiger partial charge on any atom is 0.338 e. The second-order valence-electron chi connectivity index (χ2n) is 11.5. The van der Waals surface area contributed by atoms with Gasteiger partial charge in [-0.2, -0.15) is 0 Å². The van der Waals surface area contributed by atoms with Gasteiger partial charge in [0.25, 0.3) is 0 Å². The molecule has 2 N–H and O–H groups in total. The number of Topliss-reactive ketones (excluding diaryl/α,β-unsaturated/α-hetero) is 1. The first-order valence-corrected chi connectivity index (χ1v) is 12.7. The number of fused-ring (bicyclic) bond motifs is 3. The maximum absolute atomic E-state index is 13.4. The van der Waals surface area contributed by atoms with Crippen molar-refractivity contribution < 1.29 is 34.1 Å². The van der Waals surface area contributed by atoms with E-state index in [1.807, 2.05) is 13.8 Å². The minimum absolute atomic E-state index is 0.0125. The van der Waals surface area contributed by atoms with Crippen LogP contribution in [0.25, 0.3) is 0 Å². The summed E-state index contributed by atoms with van der Waals surface area (Å²) in [5.41, 5.74) is -1.92. The van der Waals surface area contributed by atoms with Gasteiger partial charge >= 0.3 is 5.97 Å². The molecule has 0 aromatic carbocycles. The topological polar surface area (TPSA) is 110 Å². The van der Waals surface area contributed by atoms with E-state index in [9.17, 15) is 24.6 Å². The molecule has 0 bridgehead atoms. The third kappa shape index (κ3) is 3.85. The average molecular weight is 475 g/mol. The van der Waals surface area contributed by atoms with Crippen molar-refractivity contribution >= 4 is 17.5 Å². The van der Waals surface area contributed by atoms with Gasteiger partial charge in [0.1, 0.15) is 5.60 Å². The maximum atomic E-state index is 13.4. The van der Waals surface area contributed by atoms with Gasteiger partial charge in [-0.15, -0.1) is 0 Å². The summed E-state index contributed by atoms with van der Waals surface area (Å²) in [5, 5.41) is 19.9. The van der Waals surface area contributed by atoms with E-state index in [1.54, 1.807) is 0 Å². The van der Waals surface area contributed by atoms with Crippen LogP contribution < -0.4 is 0 Å². The minimum atomic E-state index is -1.96. The zero-order valence-corrected chi connectivity index (χ0v) is 21.0. The van der Waals surface area contributed by atoms with Crippen molar-refractivity contribution in [3.05, 3.63) is 23.0 Å². The molecular formula is C27H38O7. The van der Waals surface area contributed by atoms with E-state index in [0.29, 0.717) is 43.3 Å². The number of hydrogen-bond acceptors (Lipinski definition) is 6. The lowest BCUT2D eigenvalue weighted by molar-refractivity contribution is -0.249. The van der Waals surface area contributed by atoms with Crippen molar-refractivity contribution in [2.45, 2.75) is 109 Å². The first-order valence-electron chi connectivity index (χ1n) is 12.7. The molecule has 2 fully saturated rings. The standard InChI is InChI=1S/C27H38O7/c1-6-7-8-15(2)16-13-18(28)17-14-19-25(3)11-9-21(27(5,32)24(30)31)33-20(25)10-12-26(19,4)34-23(17)22(16)29/h13,15,19-21,32H,6-12,14H2,1-5H3,(H,30,31)/t15-,19+,20+,21+,25+,26+,27-/m0/s1. The summed E-state index contributed by atoms with van der Waals surface area (Å²) < 4.78 is 12.7. The van der Waals surface area contributed by atoms with Gasteiger partial charge in [0.15, 0.2) is 17.1 Å². The molecule has 7 atom stereocenters. The number of carboxylic acid groups (broad SMARTS) is 1. The molecule has 34 heavy (non-hydrogen) atoms. The van der Waals surface area contributed by atoms with Crippen LogP contribution in [0.15, 0.2) is 23.0 Å². The average Bonchev–Trinajstić information content (AvgIpc) is 2.78. The number of ether oxygens (including phenoxy) is 2. The fourth-order valence-corrected chi connectivity index (χ4v) is 6.68. The zero-order chi connectivity index (χ0) is 25.1. The lowest BCUT2D eigenvalue weighted by Gasteiger charge is -2.60. The summed E-state index contributed by atoms with van der Waals surface area (Å²) >= 11 is 0. The molecule has 2 aliphatic carbocycles. The predicted octanol–water partition coefficient (Wildman–Crippen LogP) is 4.12. The summed E-state index contributed by atoms with van der Waals surface area (Å²) in [4.78, 5) is 38.1. The number of rotatable bonds is 6. The molecule has 1 saturated heterocycles. The van der Waals surface area contributed by atoms with E-state index in [1.165, 1.54) is 13.0 Å². The lowest BCUT2D eigenvalue weighted by atomic mass is 9.53. The van der Waals surface area contributed by atoms with Gasteiger partial charge in [-0.1, -0.05) is 33.6 Å². The number of ketones is 2. The number of allylic oxidation sites excluding steroid dienone is 3. The summed E-state index contributed by atoms with van der Waals surface area (Å²) in [6, 6.07) is 0. The van der Waals surface area contributed by atoms with E-state index >= 15 is 0 Å². The Morgan fingerprint density at radius 2 is 1.97 bits per heavy atom. The molecule has 0 aromatic heterocycles. The molecule has 0 spiro atoms. The van der Waals surface area contributed by atoms with Crippen LogP contribution in [0.1, 0.15) is 86.0 Å². The molecule has 1 saturated carbocycles. The smallest absolute Gasteiger partial charge is 0.338 e. The zero-order valence-electron chi connectivity index (χ0n) is 21.0. The molecule has 2 heterocycles. The Morgan fingerprint density at radius 1 is 1.26 bits per heavy atom.